The fourth-order valence-electron chi connectivity index (χ4n) is 3.67. The molecular weight excluding hydrogens is 505 g/mol. The van der Waals surface area contributed by atoms with Gasteiger partial charge in [0.1, 0.15) is 6.54 Å². The first kappa shape index (κ1) is 26.7. The maximum Gasteiger partial charge on any atom is 0.264 e. The fraction of sp³-hybridized carbons (Fsp3) is 0.231. The highest BCUT2D eigenvalue weighted by atomic mass is 35.5. The van der Waals surface area contributed by atoms with E-state index in [4.69, 9.17) is 23.2 Å². The Balaban J connectivity index is 1.80. The number of hydrogen-bond acceptors (Lipinski definition) is 4. The fourth-order valence-corrected chi connectivity index (χ4v) is 5.40. The zero-order valence-corrected chi connectivity index (χ0v) is 22.0. The normalized spacial score (nSPS) is 12.3. The molecule has 0 aromatic heterocycles. The lowest BCUT2D eigenvalue weighted by Crippen LogP contribution is -2.39. The van der Waals surface area contributed by atoms with Gasteiger partial charge < -0.3 is 0 Å². The zero-order chi connectivity index (χ0) is 25.6. The molecule has 0 fully saturated rings. The summed E-state index contributed by atoms with van der Waals surface area (Å²) in [6.07, 6.45) is 0.609. The number of nitrogens with one attached hydrogen (secondary N) is 1. The SMILES string of the molecule is C/C(CC(C)(C)c1ccccc1)=N/NC(=O)CN(c1cccc(Cl)c1)S(=O)(=O)c1ccc(Cl)cc1. The first-order valence-corrected chi connectivity index (χ1v) is 13.1. The van der Waals surface area contributed by atoms with Crippen LogP contribution in [0, 0.1) is 0 Å². The number of carbonyl (C=O) groups is 1. The lowest BCUT2D eigenvalue weighted by molar-refractivity contribution is -0.119. The number of sulfonamides is 1. The number of anilines is 1. The van der Waals surface area contributed by atoms with Crippen molar-refractivity contribution in [2.75, 3.05) is 10.8 Å². The van der Waals surface area contributed by atoms with Crippen molar-refractivity contribution in [1.82, 2.24) is 5.43 Å². The van der Waals surface area contributed by atoms with Crippen LogP contribution in [0.4, 0.5) is 5.69 Å². The lowest BCUT2D eigenvalue weighted by atomic mass is 9.80. The first-order chi connectivity index (χ1) is 16.5. The topological polar surface area (TPSA) is 78.8 Å². The van der Waals surface area contributed by atoms with Gasteiger partial charge in [0.2, 0.25) is 0 Å². The minimum absolute atomic E-state index is 0.000956. The van der Waals surface area contributed by atoms with Crippen LogP contribution < -0.4 is 9.73 Å². The van der Waals surface area contributed by atoms with Gasteiger partial charge in [-0.05, 0) is 66.8 Å². The van der Waals surface area contributed by atoms with Crippen LogP contribution in [0.1, 0.15) is 32.8 Å². The van der Waals surface area contributed by atoms with Crippen molar-refractivity contribution in [2.24, 2.45) is 5.10 Å². The van der Waals surface area contributed by atoms with Gasteiger partial charge in [-0.1, -0.05) is 73.4 Å². The van der Waals surface area contributed by atoms with E-state index >= 15 is 0 Å². The molecule has 0 atom stereocenters. The maximum absolute atomic E-state index is 13.4. The molecule has 0 aliphatic carbocycles. The van der Waals surface area contributed by atoms with E-state index in [0.29, 0.717) is 22.2 Å². The van der Waals surface area contributed by atoms with E-state index in [1.807, 2.05) is 25.1 Å². The highest BCUT2D eigenvalue weighted by Crippen LogP contribution is 2.28. The summed E-state index contributed by atoms with van der Waals surface area (Å²) in [6.45, 7) is 5.54. The Bertz CT molecular complexity index is 1310. The van der Waals surface area contributed by atoms with Crippen molar-refractivity contribution in [1.29, 1.82) is 0 Å². The molecular formula is C26H27Cl2N3O3S. The summed E-state index contributed by atoms with van der Waals surface area (Å²) in [4.78, 5) is 12.8. The number of carbonyl (C=O) groups excluding carboxylic acids is 1. The van der Waals surface area contributed by atoms with Gasteiger partial charge in [0, 0.05) is 15.8 Å². The summed E-state index contributed by atoms with van der Waals surface area (Å²) in [7, 11) is -4.08. The maximum atomic E-state index is 13.4. The summed E-state index contributed by atoms with van der Waals surface area (Å²) >= 11 is 12.0. The molecule has 184 valence electrons. The largest absolute Gasteiger partial charge is 0.271 e. The van der Waals surface area contributed by atoms with Crippen LogP contribution in [0.3, 0.4) is 0 Å². The molecule has 0 heterocycles. The Kier molecular flexibility index (Phi) is 8.59. The first-order valence-electron chi connectivity index (χ1n) is 10.9. The van der Waals surface area contributed by atoms with E-state index in [9.17, 15) is 13.2 Å². The molecule has 0 saturated carbocycles. The minimum atomic E-state index is -4.08. The average molecular weight is 532 g/mol. The Morgan fingerprint density at radius 2 is 1.60 bits per heavy atom. The van der Waals surface area contributed by atoms with Crippen molar-refractivity contribution in [3.63, 3.8) is 0 Å². The van der Waals surface area contributed by atoms with Gasteiger partial charge in [0.15, 0.2) is 0 Å². The monoisotopic (exact) mass is 531 g/mol. The minimum Gasteiger partial charge on any atom is -0.271 e. The molecule has 0 unspecified atom stereocenters. The molecule has 1 N–H and O–H groups in total. The third-order valence-electron chi connectivity index (χ3n) is 5.41. The number of benzene rings is 3. The molecule has 0 aliphatic rings. The summed E-state index contributed by atoms with van der Waals surface area (Å²) < 4.78 is 27.8. The molecule has 6 nitrogen and oxygen atoms in total. The third kappa shape index (κ3) is 7.07. The smallest absolute Gasteiger partial charge is 0.264 e. The predicted molar refractivity (Wildman–Crippen MR) is 143 cm³/mol. The lowest BCUT2D eigenvalue weighted by Gasteiger charge is -2.25. The van der Waals surface area contributed by atoms with Crippen molar-refractivity contribution < 1.29 is 13.2 Å². The molecule has 1 amide bonds. The molecule has 0 aliphatic heterocycles. The van der Waals surface area contributed by atoms with Crippen LogP contribution in [0.15, 0.2) is 88.9 Å². The van der Waals surface area contributed by atoms with Crippen LogP contribution in [0.25, 0.3) is 0 Å². The third-order valence-corrected chi connectivity index (χ3v) is 7.68. The van der Waals surface area contributed by atoms with Crippen LogP contribution in [0.5, 0.6) is 0 Å². The van der Waals surface area contributed by atoms with Crippen LogP contribution in [-0.2, 0) is 20.2 Å². The standard InChI is InChI=1S/C26H27Cl2N3O3S/c1-19(17-26(2,3)20-8-5-4-6-9-20)29-30-25(32)18-31(23-11-7-10-22(28)16-23)35(33,34)24-14-12-21(27)13-15-24/h4-16H,17-18H2,1-3H3,(H,30,32)/b29-19-. The average Bonchev–Trinajstić information content (AvgIpc) is 2.81. The van der Waals surface area contributed by atoms with Crippen LogP contribution >= 0.6 is 23.2 Å². The van der Waals surface area contributed by atoms with E-state index in [1.165, 1.54) is 30.3 Å². The van der Waals surface area contributed by atoms with Crippen molar-refractivity contribution in [3.8, 4) is 0 Å². The summed E-state index contributed by atoms with van der Waals surface area (Å²) in [5.74, 6) is -0.584. The molecule has 9 heteroatoms. The Morgan fingerprint density at radius 1 is 0.943 bits per heavy atom. The van der Waals surface area contributed by atoms with Gasteiger partial charge in [0.05, 0.1) is 10.6 Å². The van der Waals surface area contributed by atoms with Gasteiger partial charge in [-0.2, -0.15) is 5.10 Å². The van der Waals surface area contributed by atoms with E-state index < -0.39 is 22.5 Å². The Morgan fingerprint density at radius 3 is 2.23 bits per heavy atom. The number of amides is 1. The predicted octanol–water partition coefficient (Wildman–Crippen LogP) is 6.05. The summed E-state index contributed by atoms with van der Waals surface area (Å²) in [6, 6.07) is 22.1. The molecule has 3 aromatic carbocycles. The second-order valence-electron chi connectivity index (χ2n) is 8.75. The molecule has 0 spiro atoms. The second-order valence-corrected chi connectivity index (χ2v) is 11.5. The van der Waals surface area contributed by atoms with Gasteiger partial charge in [-0.15, -0.1) is 0 Å². The number of hydrogen-bond donors (Lipinski definition) is 1. The number of halogens is 2. The Labute approximate surface area is 216 Å². The quantitative estimate of drug-likeness (QED) is 0.269. The van der Waals surface area contributed by atoms with E-state index in [2.05, 4.69) is 36.5 Å². The molecule has 0 bridgehead atoms. The Hall–Kier alpha value is -2.87. The van der Waals surface area contributed by atoms with Crippen molar-refractivity contribution >= 4 is 50.5 Å². The number of rotatable bonds is 9. The summed E-state index contributed by atoms with van der Waals surface area (Å²) in [5, 5.41) is 4.96. The van der Waals surface area contributed by atoms with Gasteiger partial charge in [0.25, 0.3) is 15.9 Å². The number of hydrazone groups is 1. The highest BCUT2D eigenvalue weighted by Gasteiger charge is 2.28. The zero-order valence-electron chi connectivity index (χ0n) is 19.7. The van der Waals surface area contributed by atoms with Crippen molar-refractivity contribution in [3.05, 3.63) is 94.5 Å². The van der Waals surface area contributed by atoms with Crippen LogP contribution in [0.2, 0.25) is 10.0 Å². The molecule has 0 saturated heterocycles. The van der Waals surface area contributed by atoms with Crippen molar-refractivity contribution in [2.45, 2.75) is 37.5 Å². The van der Waals surface area contributed by atoms with E-state index in [1.54, 1.807) is 18.2 Å². The highest BCUT2D eigenvalue weighted by molar-refractivity contribution is 7.92. The second kappa shape index (κ2) is 11.2. The molecule has 3 rings (SSSR count). The molecule has 3 aromatic rings. The summed E-state index contributed by atoms with van der Waals surface area (Å²) in [5.41, 5.74) is 4.43. The molecule has 35 heavy (non-hydrogen) atoms. The molecule has 0 radical (unpaired) electrons. The van der Waals surface area contributed by atoms with Gasteiger partial charge in [-0.3, -0.25) is 9.10 Å². The van der Waals surface area contributed by atoms with Crippen LogP contribution in [-0.4, -0.2) is 26.6 Å². The van der Waals surface area contributed by atoms with Gasteiger partial charge >= 0.3 is 0 Å². The number of nitrogens with zero attached hydrogens (tertiary/aromatic N) is 2. The van der Waals surface area contributed by atoms with Gasteiger partial charge in [-0.25, -0.2) is 13.8 Å². The van der Waals surface area contributed by atoms with E-state index in [0.717, 1.165) is 9.87 Å². The van der Waals surface area contributed by atoms with E-state index in [-0.39, 0.29) is 16.0 Å².